The molecule has 0 saturated carbocycles. The molecule has 0 atom stereocenters. The van der Waals surface area contributed by atoms with E-state index in [-0.39, 0.29) is 5.91 Å². The number of carbonyl (C=O) groups is 1. The molecule has 0 heterocycles. The fraction of sp³-hybridized carbons (Fsp3) is 0.0541. The molecule has 0 N–H and O–H groups in total. The van der Waals surface area contributed by atoms with Crippen LogP contribution in [0.4, 0.5) is 0 Å². The Morgan fingerprint density at radius 3 is 1.26 bits per heavy atom. The summed E-state index contributed by atoms with van der Waals surface area (Å²) in [5, 5.41) is 2.03. The summed E-state index contributed by atoms with van der Waals surface area (Å²) in [6.07, 6.45) is 0. The van der Waals surface area contributed by atoms with Crippen molar-refractivity contribution in [3.63, 3.8) is 0 Å². The topological polar surface area (TPSA) is 20.3 Å². The maximum Gasteiger partial charge on any atom is 0.253 e. The molecule has 188 valence electrons. The molecule has 6 aromatic carbocycles. The zero-order valence-electron chi connectivity index (χ0n) is 22.1. The molecule has 0 unspecified atom stereocenters. The molecule has 6 aromatic rings. The first kappa shape index (κ1) is 24.4. The first-order valence-electron chi connectivity index (χ1n) is 13.2. The van der Waals surface area contributed by atoms with Gasteiger partial charge < -0.3 is 4.90 Å². The standard InChI is InChI=1S/C37H29NO/c1-38(2)37(39)31-25-15-24-30-32(26-16-7-3-8-17-26)33(27-18-9-4-10-19-27)34(28-20-11-5-12-21-28)35(36(30)31)29-22-13-6-14-23-29/h3-25H,1-2H3. The summed E-state index contributed by atoms with van der Waals surface area (Å²) in [6, 6.07) is 48.3. The van der Waals surface area contributed by atoms with Crippen molar-refractivity contribution in [2.45, 2.75) is 0 Å². The monoisotopic (exact) mass is 503 g/mol. The molecule has 2 heteroatoms. The SMILES string of the molecule is CN(C)C(=O)c1cccc2c(-c3ccccc3)c(-c3ccccc3)c(-c3ccccc3)c(-c3ccccc3)c12. The van der Waals surface area contributed by atoms with Crippen molar-refractivity contribution in [1.82, 2.24) is 4.90 Å². The molecule has 1 amide bonds. The molecule has 0 spiro atoms. The Morgan fingerprint density at radius 2 is 0.821 bits per heavy atom. The lowest BCUT2D eigenvalue weighted by molar-refractivity contribution is 0.0829. The van der Waals surface area contributed by atoms with Crippen molar-refractivity contribution in [2.75, 3.05) is 14.1 Å². The number of fused-ring (bicyclic) bond motifs is 1. The molecule has 2 nitrogen and oxygen atoms in total. The second-order valence-corrected chi connectivity index (χ2v) is 9.89. The van der Waals surface area contributed by atoms with Gasteiger partial charge in [-0.2, -0.15) is 0 Å². The van der Waals surface area contributed by atoms with Gasteiger partial charge in [0.1, 0.15) is 0 Å². The fourth-order valence-electron chi connectivity index (χ4n) is 5.54. The fourth-order valence-corrected chi connectivity index (χ4v) is 5.54. The largest absolute Gasteiger partial charge is 0.345 e. The van der Waals surface area contributed by atoms with Crippen LogP contribution in [0.25, 0.3) is 55.3 Å². The van der Waals surface area contributed by atoms with Crippen LogP contribution in [0.1, 0.15) is 10.4 Å². The number of benzene rings is 6. The summed E-state index contributed by atoms with van der Waals surface area (Å²) in [7, 11) is 3.63. The summed E-state index contributed by atoms with van der Waals surface area (Å²) in [4.78, 5) is 15.4. The minimum absolute atomic E-state index is 0.0109. The summed E-state index contributed by atoms with van der Waals surface area (Å²) in [6.45, 7) is 0. The van der Waals surface area contributed by atoms with Crippen LogP contribution in [0.15, 0.2) is 140 Å². The van der Waals surface area contributed by atoms with Crippen molar-refractivity contribution in [3.8, 4) is 44.5 Å². The van der Waals surface area contributed by atoms with Crippen molar-refractivity contribution in [3.05, 3.63) is 145 Å². The molecule has 0 fully saturated rings. The van der Waals surface area contributed by atoms with Crippen molar-refractivity contribution in [2.24, 2.45) is 0 Å². The Labute approximate surface area is 229 Å². The molecule has 0 saturated heterocycles. The summed E-state index contributed by atoms with van der Waals surface area (Å²) in [5.74, 6) is -0.0109. The first-order chi connectivity index (χ1) is 19.1. The van der Waals surface area contributed by atoms with E-state index in [4.69, 9.17) is 0 Å². The van der Waals surface area contributed by atoms with Crippen molar-refractivity contribution in [1.29, 1.82) is 0 Å². The predicted octanol–water partition coefficient (Wildman–Crippen LogP) is 9.21. The van der Waals surface area contributed by atoms with E-state index in [1.807, 2.05) is 44.4 Å². The molecule has 6 rings (SSSR count). The normalized spacial score (nSPS) is 10.9. The van der Waals surface area contributed by atoms with Crippen LogP contribution in [-0.2, 0) is 0 Å². The van der Waals surface area contributed by atoms with Gasteiger partial charge in [0.25, 0.3) is 5.91 Å². The third-order valence-electron chi connectivity index (χ3n) is 7.22. The smallest absolute Gasteiger partial charge is 0.253 e. The Hall–Kier alpha value is -4.95. The molecule has 0 aliphatic rings. The van der Waals surface area contributed by atoms with E-state index < -0.39 is 0 Å². The van der Waals surface area contributed by atoms with Gasteiger partial charge in [0.05, 0.1) is 0 Å². The number of carbonyl (C=O) groups excluding carboxylic acids is 1. The van der Waals surface area contributed by atoms with Crippen LogP contribution < -0.4 is 0 Å². The number of nitrogens with zero attached hydrogens (tertiary/aromatic N) is 1. The van der Waals surface area contributed by atoms with Gasteiger partial charge >= 0.3 is 0 Å². The van der Waals surface area contributed by atoms with Crippen LogP contribution in [0, 0.1) is 0 Å². The van der Waals surface area contributed by atoms with Gasteiger partial charge in [0.15, 0.2) is 0 Å². The summed E-state index contributed by atoms with van der Waals surface area (Å²) in [5.41, 5.74) is 9.63. The molecule has 0 aliphatic carbocycles. The second-order valence-electron chi connectivity index (χ2n) is 9.89. The minimum Gasteiger partial charge on any atom is -0.345 e. The molecular formula is C37H29NO. The maximum atomic E-state index is 13.7. The summed E-state index contributed by atoms with van der Waals surface area (Å²) < 4.78 is 0. The maximum absolute atomic E-state index is 13.7. The van der Waals surface area contributed by atoms with Crippen LogP contribution in [0.2, 0.25) is 0 Å². The molecule has 0 radical (unpaired) electrons. The average Bonchev–Trinajstić information content (AvgIpc) is 3.01. The van der Waals surface area contributed by atoms with Gasteiger partial charge in [-0.25, -0.2) is 0 Å². The van der Waals surface area contributed by atoms with Crippen LogP contribution in [-0.4, -0.2) is 24.9 Å². The summed E-state index contributed by atoms with van der Waals surface area (Å²) >= 11 is 0. The second kappa shape index (κ2) is 10.4. The van der Waals surface area contributed by atoms with E-state index in [1.54, 1.807) is 4.90 Å². The van der Waals surface area contributed by atoms with E-state index in [2.05, 4.69) is 109 Å². The van der Waals surface area contributed by atoms with Gasteiger partial charge in [0, 0.05) is 25.0 Å². The number of rotatable bonds is 5. The third kappa shape index (κ3) is 4.41. The van der Waals surface area contributed by atoms with E-state index in [0.717, 1.165) is 55.3 Å². The van der Waals surface area contributed by atoms with Gasteiger partial charge in [-0.1, -0.05) is 133 Å². The van der Waals surface area contributed by atoms with E-state index in [1.165, 1.54) is 0 Å². The van der Waals surface area contributed by atoms with Gasteiger partial charge in [-0.05, 0) is 56.0 Å². The molecule has 0 bridgehead atoms. The van der Waals surface area contributed by atoms with Gasteiger partial charge in [-0.15, -0.1) is 0 Å². The highest BCUT2D eigenvalue weighted by molar-refractivity contribution is 6.23. The lowest BCUT2D eigenvalue weighted by Gasteiger charge is -2.26. The highest BCUT2D eigenvalue weighted by Crippen LogP contribution is 2.51. The number of amides is 1. The zero-order valence-corrected chi connectivity index (χ0v) is 22.1. The quantitative estimate of drug-likeness (QED) is 0.230. The van der Waals surface area contributed by atoms with Crippen LogP contribution >= 0.6 is 0 Å². The van der Waals surface area contributed by atoms with E-state index in [9.17, 15) is 4.79 Å². The Bertz CT molecular complexity index is 1760. The Balaban J connectivity index is 1.94. The zero-order chi connectivity index (χ0) is 26.8. The highest BCUT2D eigenvalue weighted by Gasteiger charge is 2.26. The third-order valence-corrected chi connectivity index (χ3v) is 7.22. The lowest BCUT2D eigenvalue weighted by Crippen LogP contribution is -2.22. The average molecular weight is 504 g/mol. The van der Waals surface area contributed by atoms with E-state index in [0.29, 0.717) is 5.56 Å². The highest BCUT2D eigenvalue weighted by atomic mass is 16.2. The van der Waals surface area contributed by atoms with Crippen LogP contribution in [0.5, 0.6) is 0 Å². The van der Waals surface area contributed by atoms with Gasteiger partial charge in [0.2, 0.25) is 0 Å². The molecular weight excluding hydrogens is 474 g/mol. The number of hydrogen-bond donors (Lipinski definition) is 0. The molecule has 0 aromatic heterocycles. The van der Waals surface area contributed by atoms with Crippen molar-refractivity contribution >= 4 is 16.7 Å². The van der Waals surface area contributed by atoms with Crippen molar-refractivity contribution < 1.29 is 4.79 Å². The minimum atomic E-state index is -0.0109. The molecule has 0 aliphatic heterocycles. The lowest BCUT2D eigenvalue weighted by atomic mass is 9.78. The van der Waals surface area contributed by atoms with Crippen LogP contribution in [0.3, 0.4) is 0 Å². The predicted molar refractivity (Wildman–Crippen MR) is 164 cm³/mol. The first-order valence-corrected chi connectivity index (χ1v) is 13.2. The van der Waals surface area contributed by atoms with Gasteiger partial charge in [-0.3, -0.25) is 4.79 Å². The number of hydrogen-bond acceptors (Lipinski definition) is 1. The Morgan fingerprint density at radius 1 is 0.436 bits per heavy atom. The molecule has 39 heavy (non-hydrogen) atoms. The van der Waals surface area contributed by atoms with E-state index >= 15 is 0 Å². The Kier molecular flexibility index (Phi) is 6.52.